The van der Waals surface area contributed by atoms with Gasteiger partial charge in [0, 0.05) is 16.8 Å². The summed E-state index contributed by atoms with van der Waals surface area (Å²) in [6.07, 6.45) is 31.4. The average Bonchev–Trinajstić information content (AvgIpc) is 3.63. The molecule has 3 aliphatic rings. The molecule has 310 valence electrons. The fourth-order valence-corrected chi connectivity index (χ4v) is 11.3. The van der Waals surface area contributed by atoms with Gasteiger partial charge in [-0.1, -0.05) is 203 Å². The van der Waals surface area contributed by atoms with Gasteiger partial charge in [0.15, 0.2) is 0 Å². The molecule has 6 aromatic rings. The predicted molar refractivity (Wildman–Crippen MR) is 267 cm³/mol. The zero-order valence-corrected chi connectivity index (χ0v) is 36.6. The molecule has 0 aromatic heterocycles. The van der Waals surface area contributed by atoms with Gasteiger partial charge in [-0.25, -0.2) is 0 Å². The van der Waals surface area contributed by atoms with Crippen molar-refractivity contribution < 1.29 is 0 Å². The van der Waals surface area contributed by atoms with E-state index in [1.807, 2.05) is 12.2 Å². The van der Waals surface area contributed by atoms with E-state index >= 15 is 0 Å². The molecule has 0 heterocycles. The maximum Gasteiger partial charge on any atom is 0.0533 e. The molecule has 1 heteroatoms. The number of hydrogen-bond acceptors (Lipinski definition) is 1. The Kier molecular flexibility index (Phi) is 12.8. The summed E-state index contributed by atoms with van der Waals surface area (Å²) in [7, 11) is 0. The fraction of sp³-hybridized carbons (Fsp3) is 0.246. The van der Waals surface area contributed by atoms with Crippen molar-refractivity contribution in [3.63, 3.8) is 0 Å². The van der Waals surface area contributed by atoms with Crippen molar-refractivity contribution in [2.75, 3.05) is 4.90 Å². The summed E-state index contributed by atoms with van der Waals surface area (Å²) in [4.78, 5) is 2.52. The molecule has 0 saturated heterocycles. The number of fused-ring (bicyclic) bond motifs is 3. The summed E-state index contributed by atoms with van der Waals surface area (Å²) in [6.45, 7) is 6.09. The Balaban J connectivity index is 1.22. The number of hydrogen-bond donors (Lipinski definition) is 0. The highest BCUT2D eigenvalue weighted by Gasteiger charge is 2.53. The van der Waals surface area contributed by atoms with Crippen LogP contribution in [0.15, 0.2) is 195 Å². The maximum atomic E-state index is 3.89. The summed E-state index contributed by atoms with van der Waals surface area (Å²) in [5.74, 6) is 1.22. The average molecular weight is 808 g/mol. The zero-order chi connectivity index (χ0) is 42.1. The van der Waals surface area contributed by atoms with Crippen LogP contribution in [0, 0.1) is 11.8 Å². The third-order valence-electron chi connectivity index (χ3n) is 14.1. The Hall–Kier alpha value is -6.18. The van der Waals surface area contributed by atoms with Crippen molar-refractivity contribution in [3.05, 3.63) is 223 Å². The molecule has 0 radical (unpaired) electrons. The summed E-state index contributed by atoms with van der Waals surface area (Å²) in [5, 5.41) is 0. The third kappa shape index (κ3) is 8.26. The second kappa shape index (κ2) is 19.3. The number of rotatable bonds is 13. The van der Waals surface area contributed by atoms with Gasteiger partial charge >= 0.3 is 0 Å². The van der Waals surface area contributed by atoms with E-state index < -0.39 is 0 Å². The van der Waals surface area contributed by atoms with Gasteiger partial charge in [-0.15, -0.1) is 0 Å². The Labute approximate surface area is 371 Å². The van der Waals surface area contributed by atoms with Crippen LogP contribution in [0.1, 0.15) is 98.9 Å². The summed E-state index contributed by atoms with van der Waals surface area (Å²) >= 11 is 0. The van der Waals surface area contributed by atoms with Gasteiger partial charge in [-0.05, 0) is 143 Å². The van der Waals surface area contributed by atoms with Gasteiger partial charge in [-0.2, -0.15) is 0 Å². The highest BCUT2D eigenvalue weighted by atomic mass is 15.1. The van der Waals surface area contributed by atoms with Gasteiger partial charge < -0.3 is 4.90 Å². The first-order chi connectivity index (χ1) is 30.7. The molecular weight excluding hydrogens is 747 g/mol. The van der Waals surface area contributed by atoms with Crippen LogP contribution in [0.3, 0.4) is 0 Å². The van der Waals surface area contributed by atoms with Crippen molar-refractivity contribution in [2.24, 2.45) is 11.8 Å². The quantitative estimate of drug-likeness (QED) is 0.105. The first-order valence-corrected chi connectivity index (χ1v) is 23.4. The zero-order valence-electron chi connectivity index (χ0n) is 36.6. The third-order valence-corrected chi connectivity index (χ3v) is 14.1. The lowest BCUT2D eigenvalue weighted by Gasteiger charge is -2.49. The summed E-state index contributed by atoms with van der Waals surface area (Å²) in [5.41, 5.74) is 17.2. The van der Waals surface area contributed by atoms with E-state index in [9.17, 15) is 0 Å². The van der Waals surface area contributed by atoms with Crippen molar-refractivity contribution in [1.82, 2.24) is 0 Å². The van der Waals surface area contributed by atoms with E-state index in [4.69, 9.17) is 0 Å². The van der Waals surface area contributed by atoms with E-state index in [-0.39, 0.29) is 5.41 Å². The lowest BCUT2D eigenvalue weighted by Crippen LogP contribution is -2.44. The summed E-state index contributed by atoms with van der Waals surface area (Å²) < 4.78 is 0. The van der Waals surface area contributed by atoms with E-state index in [2.05, 4.69) is 200 Å². The van der Waals surface area contributed by atoms with Gasteiger partial charge in [0.05, 0.1) is 5.69 Å². The van der Waals surface area contributed by atoms with Crippen LogP contribution in [0.2, 0.25) is 0 Å². The molecule has 0 N–H and O–H groups in total. The standard InChI is InChI=1S/C61H61N/c1-3-5-6-13-28-50-29-20-21-35-60(50)62(54-39-36-49(37-40-54)48-26-14-8-15-27-48)55-41-43-57-56-42-38-51(47(4-2)30-22-25-46-23-11-7-12-24-46)44-58(56)61(59(57)45-55,52-31-16-9-17-32-52)53-33-18-10-19-34-53/h3-8,11-15,20-24,26-30,35-45,52-53H,1,9-10,16-19,25,31-34H2,2H3/b6-5-,28-13-,30-22-,47-4+. The molecule has 0 unspecified atom stereocenters. The van der Waals surface area contributed by atoms with Crippen LogP contribution in [-0.2, 0) is 11.8 Å². The molecule has 6 aromatic carbocycles. The molecule has 0 amide bonds. The fourth-order valence-electron chi connectivity index (χ4n) is 11.3. The highest BCUT2D eigenvalue weighted by Crippen LogP contribution is 2.63. The Morgan fingerprint density at radius 2 is 1.19 bits per heavy atom. The van der Waals surface area contributed by atoms with E-state index in [1.54, 1.807) is 11.1 Å². The normalized spacial score (nSPS) is 16.8. The largest absolute Gasteiger partial charge is 0.310 e. The minimum absolute atomic E-state index is 0.0398. The number of allylic oxidation sites excluding steroid dienone is 8. The molecule has 0 atom stereocenters. The van der Waals surface area contributed by atoms with Crippen LogP contribution in [-0.4, -0.2) is 0 Å². The molecule has 9 rings (SSSR count). The van der Waals surface area contributed by atoms with Crippen LogP contribution in [0.5, 0.6) is 0 Å². The van der Waals surface area contributed by atoms with Gasteiger partial charge in [0.1, 0.15) is 0 Å². The topological polar surface area (TPSA) is 3.24 Å². The van der Waals surface area contributed by atoms with Crippen LogP contribution in [0.4, 0.5) is 17.1 Å². The first kappa shape index (κ1) is 41.2. The van der Waals surface area contributed by atoms with E-state index in [1.165, 1.54) is 120 Å². The minimum atomic E-state index is -0.0398. The van der Waals surface area contributed by atoms with Crippen LogP contribution in [0.25, 0.3) is 33.9 Å². The van der Waals surface area contributed by atoms with Crippen molar-refractivity contribution in [3.8, 4) is 22.3 Å². The molecule has 0 bridgehead atoms. The van der Waals surface area contributed by atoms with E-state index in [0.29, 0.717) is 11.8 Å². The minimum Gasteiger partial charge on any atom is -0.310 e. The second-order valence-electron chi connectivity index (χ2n) is 17.7. The monoisotopic (exact) mass is 807 g/mol. The van der Waals surface area contributed by atoms with Crippen LogP contribution < -0.4 is 4.90 Å². The smallest absolute Gasteiger partial charge is 0.0533 e. The van der Waals surface area contributed by atoms with Gasteiger partial charge in [0.2, 0.25) is 0 Å². The molecular formula is C61H61N. The van der Waals surface area contributed by atoms with E-state index in [0.717, 1.165) is 12.1 Å². The molecule has 2 saturated carbocycles. The molecule has 0 spiro atoms. The number of para-hydroxylation sites is 1. The van der Waals surface area contributed by atoms with Crippen LogP contribution >= 0.6 is 0 Å². The molecule has 3 aliphatic carbocycles. The van der Waals surface area contributed by atoms with Crippen molar-refractivity contribution in [2.45, 2.75) is 83.0 Å². The highest BCUT2D eigenvalue weighted by molar-refractivity contribution is 5.90. The maximum absolute atomic E-state index is 3.89. The first-order valence-electron chi connectivity index (χ1n) is 23.4. The Bertz CT molecular complexity index is 2550. The number of anilines is 3. The summed E-state index contributed by atoms with van der Waals surface area (Å²) in [6, 6.07) is 54.7. The molecule has 0 aliphatic heterocycles. The number of nitrogens with zero attached hydrogens (tertiary/aromatic N) is 1. The Morgan fingerprint density at radius 1 is 0.597 bits per heavy atom. The number of benzene rings is 6. The lowest BCUT2D eigenvalue weighted by molar-refractivity contribution is 0.137. The Morgan fingerprint density at radius 3 is 1.87 bits per heavy atom. The van der Waals surface area contributed by atoms with Crippen molar-refractivity contribution >= 4 is 28.7 Å². The molecule has 62 heavy (non-hydrogen) atoms. The van der Waals surface area contributed by atoms with Crippen molar-refractivity contribution in [1.29, 1.82) is 0 Å². The SMILES string of the molecule is C=C/C=C\C=C/c1ccccc1N(c1ccc(-c2ccccc2)cc1)c1ccc2c(c1)C(C1CCCCC1)(C1CCCCC1)c1cc(C(/C=C\Cc3ccccc3)=C/C)ccc1-2. The predicted octanol–water partition coefficient (Wildman–Crippen LogP) is 17.2. The molecule has 2 fully saturated rings. The van der Waals surface area contributed by atoms with Gasteiger partial charge in [-0.3, -0.25) is 0 Å². The second-order valence-corrected chi connectivity index (χ2v) is 17.7. The van der Waals surface area contributed by atoms with Gasteiger partial charge in [0.25, 0.3) is 0 Å². The lowest BCUT2D eigenvalue weighted by atomic mass is 9.54. The molecule has 1 nitrogen and oxygen atoms in total.